The Morgan fingerprint density at radius 2 is 2.09 bits per heavy atom. The molecule has 0 amide bonds. The first-order valence-electron chi connectivity index (χ1n) is 11.3. The summed E-state index contributed by atoms with van der Waals surface area (Å²) in [4.78, 5) is 11.6. The molecule has 0 spiro atoms. The van der Waals surface area contributed by atoms with Crippen molar-refractivity contribution in [3.8, 4) is 11.1 Å². The summed E-state index contributed by atoms with van der Waals surface area (Å²) in [6, 6.07) is 8.45. The van der Waals surface area contributed by atoms with Gasteiger partial charge < -0.3 is 10.3 Å². The smallest absolute Gasteiger partial charge is 0.173 e. The largest absolute Gasteiger partial charge is 0.306 e. The van der Waals surface area contributed by atoms with E-state index < -0.39 is 0 Å². The van der Waals surface area contributed by atoms with Crippen LogP contribution in [-0.2, 0) is 13.0 Å². The molecule has 2 N–H and O–H groups in total. The molecule has 0 saturated carbocycles. The first-order chi connectivity index (χ1) is 16.1. The molecule has 3 aromatic heterocycles. The van der Waals surface area contributed by atoms with Gasteiger partial charge in [-0.25, -0.2) is 4.98 Å². The Balaban J connectivity index is 1.31. The summed E-state index contributed by atoms with van der Waals surface area (Å²) in [5.74, 6) is 2.07. The first-order valence-corrected chi connectivity index (χ1v) is 11.3. The highest BCUT2D eigenvalue weighted by molar-refractivity contribution is 5.93. The molecule has 0 radical (unpaired) electrons. The molecule has 0 aliphatic carbocycles. The van der Waals surface area contributed by atoms with Crippen molar-refractivity contribution in [3.05, 3.63) is 66.1 Å². The highest BCUT2D eigenvalue weighted by Crippen LogP contribution is 2.25. The Labute approximate surface area is 192 Å². The normalized spacial score (nSPS) is 14.8. The molecule has 1 aliphatic rings. The van der Waals surface area contributed by atoms with Gasteiger partial charge in [-0.3, -0.25) is 14.8 Å². The maximum Gasteiger partial charge on any atom is 0.173 e. The van der Waals surface area contributed by atoms with E-state index in [1.165, 1.54) is 0 Å². The second-order valence-corrected chi connectivity index (χ2v) is 8.75. The van der Waals surface area contributed by atoms with Crippen LogP contribution in [0, 0.1) is 11.3 Å². The van der Waals surface area contributed by atoms with Crippen molar-refractivity contribution in [2.45, 2.75) is 26.8 Å². The van der Waals surface area contributed by atoms with E-state index in [1.54, 1.807) is 19.1 Å². The molecule has 1 aliphatic heterocycles. The Kier molecular flexibility index (Phi) is 5.83. The molecule has 4 aromatic rings. The minimum absolute atomic E-state index is 0.468. The van der Waals surface area contributed by atoms with Gasteiger partial charge in [-0.2, -0.15) is 10.2 Å². The zero-order valence-corrected chi connectivity index (χ0v) is 19.0. The highest BCUT2D eigenvalue weighted by atomic mass is 15.3. The lowest BCUT2D eigenvalue weighted by Gasteiger charge is -2.38. The van der Waals surface area contributed by atoms with Gasteiger partial charge in [-0.05, 0) is 49.4 Å². The molecular formula is C25H28N8. The average Bonchev–Trinajstić information content (AvgIpc) is 3.43. The number of allylic oxidation sites excluding steroid dienone is 1. The zero-order chi connectivity index (χ0) is 22.8. The highest BCUT2D eigenvalue weighted by Gasteiger charge is 2.25. The van der Waals surface area contributed by atoms with E-state index in [2.05, 4.69) is 66.2 Å². The molecule has 33 heavy (non-hydrogen) atoms. The number of benzene rings is 1. The van der Waals surface area contributed by atoms with Gasteiger partial charge in [0, 0.05) is 66.6 Å². The van der Waals surface area contributed by atoms with E-state index in [4.69, 9.17) is 5.41 Å². The molecule has 0 atom stereocenters. The third-order valence-electron chi connectivity index (χ3n) is 6.04. The molecule has 1 fully saturated rings. The summed E-state index contributed by atoms with van der Waals surface area (Å²) in [6.45, 7) is 8.36. The van der Waals surface area contributed by atoms with Gasteiger partial charge in [0.05, 0.1) is 11.7 Å². The number of likely N-dealkylation sites (tertiary alicyclic amines) is 1. The summed E-state index contributed by atoms with van der Waals surface area (Å²) in [6.07, 6.45) is 10.1. The minimum atomic E-state index is 0.468. The van der Waals surface area contributed by atoms with E-state index in [0.29, 0.717) is 23.9 Å². The van der Waals surface area contributed by atoms with Crippen molar-refractivity contribution in [3.63, 3.8) is 0 Å². The maximum atomic E-state index is 7.48. The molecular weight excluding hydrogens is 412 g/mol. The van der Waals surface area contributed by atoms with Crippen LogP contribution >= 0.6 is 0 Å². The predicted molar refractivity (Wildman–Crippen MR) is 130 cm³/mol. The van der Waals surface area contributed by atoms with Gasteiger partial charge in [0.2, 0.25) is 0 Å². The summed E-state index contributed by atoms with van der Waals surface area (Å²) < 4.78 is 2.06. The Morgan fingerprint density at radius 3 is 2.91 bits per heavy atom. The second-order valence-electron chi connectivity index (χ2n) is 8.75. The minimum Gasteiger partial charge on any atom is -0.306 e. The number of hydrogen-bond donors (Lipinski definition) is 2. The summed E-state index contributed by atoms with van der Waals surface area (Å²) in [7, 11) is 0. The monoisotopic (exact) mass is 440 g/mol. The van der Waals surface area contributed by atoms with E-state index in [1.807, 2.05) is 18.5 Å². The van der Waals surface area contributed by atoms with Gasteiger partial charge in [-0.15, -0.1) is 0 Å². The Morgan fingerprint density at radius 1 is 1.21 bits per heavy atom. The molecule has 0 bridgehead atoms. The van der Waals surface area contributed by atoms with Crippen LogP contribution in [0.1, 0.15) is 31.1 Å². The molecule has 168 valence electrons. The Bertz CT molecular complexity index is 1310. The zero-order valence-electron chi connectivity index (χ0n) is 19.0. The third-order valence-corrected chi connectivity index (χ3v) is 6.04. The van der Waals surface area contributed by atoms with Crippen molar-refractivity contribution in [1.29, 1.82) is 5.41 Å². The second kappa shape index (κ2) is 9.07. The van der Waals surface area contributed by atoms with Crippen LogP contribution in [0.2, 0.25) is 0 Å². The van der Waals surface area contributed by atoms with E-state index in [-0.39, 0.29) is 0 Å². The maximum absolute atomic E-state index is 7.48. The topological polar surface area (TPSA) is 99.4 Å². The standard InChI is InChI=1S/C25H28N8/c1-3-32-13-19(14-32)15-33-16-22(12-28-33)21-10-20-8-18(5-6-23(20)27-11-21)9-25-29-24(30-31-25)7-4-17(2)26/h4-8,10-12,16,19,26H,3,9,13-15H2,1-2H3,(H,29,30,31)/b7-4-,26-17?. The van der Waals surface area contributed by atoms with Crippen molar-refractivity contribution in [2.75, 3.05) is 19.6 Å². The Hall–Kier alpha value is -3.65. The fourth-order valence-electron chi connectivity index (χ4n) is 4.23. The van der Waals surface area contributed by atoms with Crippen LogP contribution in [0.15, 0.2) is 48.9 Å². The summed E-state index contributed by atoms with van der Waals surface area (Å²) in [5, 5.41) is 20.3. The SMILES string of the molecule is CCN1CC(Cn2cc(-c3cnc4ccc(Cc5nc(/C=C\C(C)=N)n[nH]5)cc4c3)cn2)C1. The van der Waals surface area contributed by atoms with Gasteiger partial charge in [0.15, 0.2) is 5.82 Å². The van der Waals surface area contributed by atoms with Gasteiger partial charge in [-0.1, -0.05) is 13.0 Å². The van der Waals surface area contributed by atoms with Crippen LogP contribution < -0.4 is 0 Å². The number of rotatable bonds is 8. The van der Waals surface area contributed by atoms with Gasteiger partial charge >= 0.3 is 0 Å². The molecule has 4 heterocycles. The molecule has 8 heteroatoms. The molecule has 5 rings (SSSR count). The summed E-state index contributed by atoms with van der Waals surface area (Å²) >= 11 is 0. The molecule has 1 aromatic carbocycles. The van der Waals surface area contributed by atoms with Crippen LogP contribution in [-0.4, -0.2) is 60.2 Å². The lowest BCUT2D eigenvalue weighted by atomic mass is 10.0. The average molecular weight is 441 g/mol. The van der Waals surface area contributed by atoms with Crippen LogP contribution in [0.3, 0.4) is 0 Å². The fraction of sp³-hybridized carbons (Fsp3) is 0.320. The van der Waals surface area contributed by atoms with E-state index in [0.717, 1.165) is 59.6 Å². The molecule has 0 unspecified atom stereocenters. The number of nitrogens with zero attached hydrogens (tertiary/aromatic N) is 6. The van der Waals surface area contributed by atoms with E-state index in [9.17, 15) is 0 Å². The van der Waals surface area contributed by atoms with E-state index >= 15 is 0 Å². The quantitative estimate of drug-likeness (QED) is 0.406. The lowest BCUT2D eigenvalue weighted by Crippen LogP contribution is -2.48. The van der Waals surface area contributed by atoms with Crippen LogP contribution in [0.25, 0.3) is 28.1 Å². The predicted octanol–water partition coefficient (Wildman–Crippen LogP) is 3.81. The van der Waals surface area contributed by atoms with Gasteiger partial charge in [0.25, 0.3) is 0 Å². The van der Waals surface area contributed by atoms with Crippen molar-refractivity contribution in [1.82, 2.24) is 34.8 Å². The number of hydrogen-bond acceptors (Lipinski definition) is 6. The fourth-order valence-corrected chi connectivity index (χ4v) is 4.23. The lowest BCUT2D eigenvalue weighted by molar-refractivity contribution is 0.0917. The van der Waals surface area contributed by atoms with Crippen LogP contribution in [0.5, 0.6) is 0 Å². The van der Waals surface area contributed by atoms with Crippen molar-refractivity contribution >= 4 is 22.7 Å². The number of nitrogens with one attached hydrogen (secondary N) is 2. The summed E-state index contributed by atoms with van der Waals surface area (Å²) in [5.41, 5.74) is 4.73. The van der Waals surface area contributed by atoms with Crippen LogP contribution in [0.4, 0.5) is 0 Å². The third kappa shape index (κ3) is 4.90. The number of pyridine rings is 1. The number of aromatic nitrogens is 6. The molecule has 8 nitrogen and oxygen atoms in total. The van der Waals surface area contributed by atoms with Crippen molar-refractivity contribution < 1.29 is 0 Å². The number of H-pyrrole nitrogens is 1. The number of aromatic amines is 1. The molecule has 1 saturated heterocycles. The van der Waals surface area contributed by atoms with Crippen molar-refractivity contribution in [2.24, 2.45) is 5.92 Å². The number of fused-ring (bicyclic) bond motifs is 1. The first kappa shape index (κ1) is 21.2. The van der Waals surface area contributed by atoms with Gasteiger partial charge in [0.1, 0.15) is 5.82 Å².